The largest absolute Gasteiger partial charge is 0.337 e. The number of aromatic nitrogens is 3. The highest BCUT2D eigenvalue weighted by molar-refractivity contribution is 7.09. The van der Waals surface area contributed by atoms with Crippen LogP contribution in [-0.2, 0) is 0 Å². The molecule has 0 saturated heterocycles. The van der Waals surface area contributed by atoms with Crippen molar-refractivity contribution in [1.29, 1.82) is 0 Å². The zero-order chi connectivity index (χ0) is 16.9. The summed E-state index contributed by atoms with van der Waals surface area (Å²) in [6, 6.07) is 9.28. The first kappa shape index (κ1) is 16.2. The summed E-state index contributed by atoms with van der Waals surface area (Å²) in [5, 5.41) is 15.6. The van der Waals surface area contributed by atoms with E-state index in [4.69, 9.17) is 0 Å². The molecule has 0 aliphatic rings. The minimum atomic E-state index is -0.218. The second-order valence-corrected chi connectivity index (χ2v) is 6.50. The lowest BCUT2D eigenvalue weighted by atomic mass is 10.1. The molecule has 0 radical (unpaired) electrons. The van der Waals surface area contributed by atoms with E-state index in [0.717, 1.165) is 27.6 Å². The Bertz CT molecular complexity index is 795. The quantitative estimate of drug-likeness (QED) is 0.660. The second-order valence-electron chi connectivity index (χ2n) is 5.61. The Morgan fingerprint density at radius 1 is 1.29 bits per heavy atom. The molecule has 7 heteroatoms. The summed E-state index contributed by atoms with van der Waals surface area (Å²) in [6.07, 6.45) is 1.71. The lowest BCUT2D eigenvalue weighted by Crippen LogP contribution is -2.31. The van der Waals surface area contributed by atoms with Crippen molar-refractivity contribution in [1.82, 2.24) is 20.5 Å². The molecule has 2 heterocycles. The number of urea groups is 1. The van der Waals surface area contributed by atoms with E-state index in [0.29, 0.717) is 6.54 Å². The Morgan fingerprint density at radius 2 is 2.08 bits per heavy atom. The summed E-state index contributed by atoms with van der Waals surface area (Å²) in [7, 11) is 0. The maximum Gasteiger partial charge on any atom is 0.319 e. The van der Waals surface area contributed by atoms with Crippen LogP contribution < -0.4 is 10.6 Å². The van der Waals surface area contributed by atoms with Crippen molar-refractivity contribution in [2.45, 2.75) is 19.8 Å². The Balaban J connectivity index is 1.51. The number of carbonyl (C=O) groups is 1. The molecular weight excluding hydrogens is 322 g/mol. The molecule has 24 heavy (non-hydrogen) atoms. The van der Waals surface area contributed by atoms with E-state index in [2.05, 4.69) is 32.7 Å². The van der Waals surface area contributed by atoms with E-state index in [1.165, 1.54) is 0 Å². The van der Waals surface area contributed by atoms with Crippen LogP contribution in [0.1, 0.15) is 23.5 Å². The van der Waals surface area contributed by atoms with Crippen LogP contribution >= 0.6 is 11.3 Å². The highest BCUT2D eigenvalue weighted by Gasteiger charge is 2.11. The van der Waals surface area contributed by atoms with Crippen molar-refractivity contribution < 1.29 is 4.79 Å². The van der Waals surface area contributed by atoms with Gasteiger partial charge in [-0.3, -0.25) is 5.10 Å². The van der Waals surface area contributed by atoms with E-state index in [1.807, 2.05) is 42.6 Å². The van der Waals surface area contributed by atoms with Crippen molar-refractivity contribution in [2.75, 3.05) is 11.9 Å². The lowest BCUT2D eigenvalue weighted by Gasteiger charge is -2.11. The topological polar surface area (TPSA) is 82.7 Å². The molecule has 1 aromatic carbocycles. The summed E-state index contributed by atoms with van der Waals surface area (Å²) in [4.78, 5) is 16.5. The fourth-order valence-electron chi connectivity index (χ4n) is 2.26. The first-order valence-electron chi connectivity index (χ1n) is 7.68. The summed E-state index contributed by atoms with van der Waals surface area (Å²) >= 11 is 1.62. The van der Waals surface area contributed by atoms with E-state index < -0.39 is 0 Å². The van der Waals surface area contributed by atoms with Gasteiger partial charge in [-0.05, 0) is 30.7 Å². The molecule has 124 valence electrons. The number of thiazole rings is 1. The van der Waals surface area contributed by atoms with Crippen molar-refractivity contribution in [3.8, 4) is 11.3 Å². The number of benzene rings is 1. The third-order valence-electron chi connectivity index (χ3n) is 3.58. The average Bonchev–Trinajstić information content (AvgIpc) is 3.25. The van der Waals surface area contributed by atoms with Gasteiger partial charge in [0.25, 0.3) is 0 Å². The molecule has 0 saturated carbocycles. The van der Waals surface area contributed by atoms with Crippen LogP contribution in [-0.4, -0.2) is 27.8 Å². The number of anilines is 1. The number of nitrogens with one attached hydrogen (secondary N) is 3. The van der Waals surface area contributed by atoms with E-state index in [-0.39, 0.29) is 11.9 Å². The average molecular weight is 341 g/mol. The molecular formula is C17H19N5OS. The van der Waals surface area contributed by atoms with Gasteiger partial charge >= 0.3 is 6.03 Å². The fourth-order valence-corrected chi connectivity index (χ4v) is 3.11. The van der Waals surface area contributed by atoms with Crippen LogP contribution in [0.15, 0.2) is 41.9 Å². The number of aryl methyl sites for hydroxylation is 1. The monoisotopic (exact) mass is 341 g/mol. The number of H-pyrrole nitrogens is 1. The Labute approximate surface area is 144 Å². The van der Waals surface area contributed by atoms with Crippen LogP contribution in [0.4, 0.5) is 10.5 Å². The molecule has 0 spiro atoms. The second kappa shape index (κ2) is 7.27. The standard InChI is InChI=1S/C17H19N5OS/c1-11(16-20-12(2)10-24-16)9-18-17(23)21-14-5-3-13(4-6-14)15-7-8-19-22-15/h3-8,10-11H,9H2,1-2H3,(H,19,22)(H2,18,21,23)/t11-/m1/s1. The summed E-state index contributed by atoms with van der Waals surface area (Å²) < 4.78 is 0. The molecule has 3 rings (SSSR count). The van der Waals surface area contributed by atoms with Gasteiger partial charge in [-0.2, -0.15) is 5.10 Å². The Kier molecular flexibility index (Phi) is 4.90. The molecule has 0 bridgehead atoms. The van der Waals surface area contributed by atoms with E-state index in [9.17, 15) is 4.79 Å². The van der Waals surface area contributed by atoms with Gasteiger partial charge in [-0.15, -0.1) is 11.3 Å². The molecule has 0 aliphatic heterocycles. The van der Waals surface area contributed by atoms with Crippen molar-refractivity contribution in [2.24, 2.45) is 0 Å². The molecule has 6 nitrogen and oxygen atoms in total. The first-order chi connectivity index (χ1) is 11.6. The number of carbonyl (C=O) groups excluding carboxylic acids is 1. The first-order valence-corrected chi connectivity index (χ1v) is 8.56. The van der Waals surface area contributed by atoms with Gasteiger partial charge in [-0.25, -0.2) is 9.78 Å². The highest BCUT2D eigenvalue weighted by atomic mass is 32.1. The summed E-state index contributed by atoms with van der Waals surface area (Å²) in [6.45, 7) is 4.57. The number of aromatic amines is 1. The molecule has 0 unspecified atom stereocenters. The number of rotatable bonds is 5. The van der Waals surface area contributed by atoms with Crippen LogP contribution in [0.3, 0.4) is 0 Å². The van der Waals surface area contributed by atoms with Crippen LogP contribution in [0.5, 0.6) is 0 Å². The number of hydrogen-bond donors (Lipinski definition) is 3. The van der Waals surface area contributed by atoms with Crippen molar-refractivity contribution in [3.63, 3.8) is 0 Å². The molecule has 3 N–H and O–H groups in total. The minimum absolute atomic E-state index is 0.192. The zero-order valence-corrected chi connectivity index (χ0v) is 14.4. The fraction of sp³-hybridized carbons (Fsp3) is 0.235. The van der Waals surface area contributed by atoms with Crippen molar-refractivity contribution >= 4 is 23.1 Å². The lowest BCUT2D eigenvalue weighted by molar-refractivity contribution is 0.251. The van der Waals surface area contributed by atoms with Gasteiger partial charge < -0.3 is 10.6 Å². The van der Waals surface area contributed by atoms with Crippen LogP contribution in [0.25, 0.3) is 11.3 Å². The molecule has 0 aliphatic carbocycles. The number of nitrogens with zero attached hydrogens (tertiary/aromatic N) is 2. The number of hydrogen-bond acceptors (Lipinski definition) is 4. The third-order valence-corrected chi connectivity index (χ3v) is 4.78. The smallest absolute Gasteiger partial charge is 0.319 e. The zero-order valence-electron chi connectivity index (χ0n) is 13.5. The normalized spacial score (nSPS) is 11.9. The highest BCUT2D eigenvalue weighted by Crippen LogP contribution is 2.20. The van der Waals surface area contributed by atoms with Crippen molar-refractivity contribution in [3.05, 3.63) is 52.6 Å². The van der Waals surface area contributed by atoms with Gasteiger partial charge in [0, 0.05) is 35.4 Å². The summed E-state index contributed by atoms with van der Waals surface area (Å²) in [5.41, 5.74) is 3.72. The van der Waals surface area contributed by atoms with Gasteiger partial charge in [0.2, 0.25) is 0 Å². The predicted octanol–water partition coefficient (Wildman–Crippen LogP) is 3.77. The predicted molar refractivity (Wildman–Crippen MR) is 96.3 cm³/mol. The Hall–Kier alpha value is -2.67. The maximum atomic E-state index is 12.0. The molecule has 2 aromatic heterocycles. The minimum Gasteiger partial charge on any atom is -0.337 e. The van der Waals surface area contributed by atoms with E-state index >= 15 is 0 Å². The Morgan fingerprint density at radius 3 is 2.71 bits per heavy atom. The van der Waals surface area contributed by atoms with Gasteiger partial charge in [0.1, 0.15) is 0 Å². The maximum absolute atomic E-state index is 12.0. The van der Waals surface area contributed by atoms with Gasteiger partial charge in [0.05, 0.1) is 10.7 Å². The number of amides is 2. The van der Waals surface area contributed by atoms with Crippen LogP contribution in [0, 0.1) is 6.92 Å². The molecule has 0 fully saturated rings. The van der Waals surface area contributed by atoms with Gasteiger partial charge in [0.15, 0.2) is 0 Å². The SMILES string of the molecule is Cc1csc([C@H](C)CNC(=O)Nc2ccc(-c3ccn[nH]3)cc2)n1. The molecule has 3 aromatic rings. The van der Waals surface area contributed by atoms with E-state index in [1.54, 1.807) is 17.5 Å². The van der Waals surface area contributed by atoms with Crippen LogP contribution in [0.2, 0.25) is 0 Å². The summed E-state index contributed by atoms with van der Waals surface area (Å²) in [5.74, 6) is 0.192. The molecule has 1 atom stereocenters. The molecule has 2 amide bonds. The third kappa shape index (κ3) is 3.99. The van der Waals surface area contributed by atoms with Gasteiger partial charge in [-0.1, -0.05) is 19.1 Å².